The van der Waals surface area contributed by atoms with Gasteiger partial charge in [0, 0.05) is 44.0 Å². The fourth-order valence-corrected chi connectivity index (χ4v) is 1.83. The molecule has 0 radical (unpaired) electrons. The second-order valence-corrected chi connectivity index (χ2v) is 4.33. The minimum Gasteiger partial charge on any atom is -0.468 e. The molecule has 1 saturated heterocycles. The van der Waals surface area contributed by atoms with Crippen molar-refractivity contribution < 1.29 is 22.7 Å². The molecule has 1 aliphatic heterocycles. The molecule has 0 aliphatic carbocycles. The highest BCUT2D eigenvalue weighted by molar-refractivity contribution is 5.94. The van der Waals surface area contributed by atoms with Crippen molar-refractivity contribution in [2.45, 2.75) is 6.18 Å². The lowest BCUT2D eigenvalue weighted by molar-refractivity contribution is -0.154. The molecule has 0 saturated carbocycles. The quantitative estimate of drug-likeness (QED) is 0.904. The number of hydrogen-bond donors (Lipinski definition) is 1. The zero-order valence-electron chi connectivity index (χ0n) is 10.6. The first-order chi connectivity index (χ1) is 9.46. The maximum Gasteiger partial charge on any atom is 0.422 e. The molecule has 5 nitrogen and oxygen atoms in total. The maximum atomic E-state index is 12.1. The Balaban J connectivity index is 2.03. The lowest BCUT2D eigenvalue weighted by atomic mass is 10.2. The second kappa shape index (κ2) is 6.08. The SMILES string of the molecule is O=C(c1ccnc(OCC(F)(F)F)c1)N1CCNCC1. The number of carbonyl (C=O) groups excluding carboxylic acids is 1. The summed E-state index contributed by atoms with van der Waals surface area (Å²) >= 11 is 0. The Morgan fingerprint density at radius 1 is 1.40 bits per heavy atom. The number of rotatable bonds is 3. The Labute approximate surface area is 113 Å². The van der Waals surface area contributed by atoms with Crippen LogP contribution in [0.5, 0.6) is 5.88 Å². The van der Waals surface area contributed by atoms with Crippen LogP contribution in [0, 0.1) is 0 Å². The van der Waals surface area contributed by atoms with E-state index >= 15 is 0 Å². The first kappa shape index (κ1) is 14.6. The van der Waals surface area contributed by atoms with Gasteiger partial charge in [-0.3, -0.25) is 4.79 Å². The summed E-state index contributed by atoms with van der Waals surface area (Å²) in [6.45, 7) is 1.12. The number of amides is 1. The van der Waals surface area contributed by atoms with Gasteiger partial charge < -0.3 is 15.0 Å². The Morgan fingerprint density at radius 2 is 2.10 bits per heavy atom. The second-order valence-electron chi connectivity index (χ2n) is 4.33. The van der Waals surface area contributed by atoms with Crippen LogP contribution in [-0.4, -0.2) is 54.8 Å². The van der Waals surface area contributed by atoms with Gasteiger partial charge in [0.25, 0.3) is 5.91 Å². The summed E-state index contributed by atoms with van der Waals surface area (Å²) < 4.78 is 40.7. The van der Waals surface area contributed by atoms with Crippen LogP contribution in [0.2, 0.25) is 0 Å². The first-order valence-corrected chi connectivity index (χ1v) is 6.11. The number of halogens is 3. The molecule has 0 bridgehead atoms. The van der Waals surface area contributed by atoms with Crippen molar-refractivity contribution >= 4 is 5.91 Å². The predicted molar refractivity (Wildman–Crippen MR) is 64.6 cm³/mol. The van der Waals surface area contributed by atoms with Crippen molar-refractivity contribution in [3.05, 3.63) is 23.9 Å². The normalized spacial score (nSPS) is 16.1. The third kappa shape index (κ3) is 4.09. The minimum atomic E-state index is -4.43. The van der Waals surface area contributed by atoms with E-state index in [0.717, 1.165) is 0 Å². The Morgan fingerprint density at radius 3 is 2.75 bits per heavy atom. The highest BCUT2D eigenvalue weighted by Crippen LogP contribution is 2.18. The molecule has 110 valence electrons. The molecule has 8 heteroatoms. The van der Waals surface area contributed by atoms with Gasteiger partial charge in [-0.15, -0.1) is 0 Å². The molecule has 0 unspecified atom stereocenters. The zero-order chi connectivity index (χ0) is 14.6. The molecule has 1 aromatic heterocycles. The number of piperazine rings is 1. The lowest BCUT2D eigenvalue weighted by Gasteiger charge is -2.27. The Hall–Kier alpha value is -1.83. The van der Waals surface area contributed by atoms with E-state index < -0.39 is 12.8 Å². The number of aromatic nitrogens is 1. The number of ether oxygens (including phenoxy) is 1. The highest BCUT2D eigenvalue weighted by Gasteiger charge is 2.29. The van der Waals surface area contributed by atoms with Gasteiger partial charge in [0.1, 0.15) is 0 Å². The van der Waals surface area contributed by atoms with Crippen LogP contribution in [0.4, 0.5) is 13.2 Å². The van der Waals surface area contributed by atoms with Crippen LogP contribution in [0.15, 0.2) is 18.3 Å². The molecule has 1 aromatic rings. The molecule has 1 fully saturated rings. The van der Waals surface area contributed by atoms with E-state index in [1.54, 1.807) is 4.90 Å². The molecule has 0 atom stereocenters. The highest BCUT2D eigenvalue weighted by atomic mass is 19.4. The van der Waals surface area contributed by atoms with Crippen LogP contribution in [0.25, 0.3) is 0 Å². The molecule has 0 aromatic carbocycles. The smallest absolute Gasteiger partial charge is 0.422 e. The fraction of sp³-hybridized carbons (Fsp3) is 0.500. The predicted octanol–water partition coefficient (Wildman–Crippen LogP) is 1.07. The van der Waals surface area contributed by atoms with Crippen molar-refractivity contribution in [3.8, 4) is 5.88 Å². The van der Waals surface area contributed by atoms with Gasteiger partial charge in [-0.2, -0.15) is 13.2 Å². The molecule has 20 heavy (non-hydrogen) atoms. The fourth-order valence-electron chi connectivity index (χ4n) is 1.83. The third-order valence-corrected chi connectivity index (χ3v) is 2.77. The van der Waals surface area contributed by atoms with Gasteiger partial charge in [-0.1, -0.05) is 0 Å². The van der Waals surface area contributed by atoms with Gasteiger partial charge in [0.2, 0.25) is 5.88 Å². The van der Waals surface area contributed by atoms with Gasteiger partial charge in [0.15, 0.2) is 6.61 Å². The number of nitrogens with one attached hydrogen (secondary N) is 1. The van der Waals surface area contributed by atoms with Crippen molar-refractivity contribution in [2.75, 3.05) is 32.8 Å². The summed E-state index contributed by atoms with van der Waals surface area (Å²) in [7, 11) is 0. The van der Waals surface area contributed by atoms with E-state index in [2.05, 4.69) is 15.0 Å². The van der Waals surface area contributed by atoms with Crippen LogP contribution < -0.4 is 10.1 Å². The number of carbonyl (C=O) groups is 1. The van der Waals surface area contributed by atoms with E-state index in [1.165, 1.54) is 18.3 Å². The van der Waals surface area contributed by atoms with E-state index in [9.17, 15) is 18.0 Å². The lowest BCUT2D eigenvalue weighted by Crippen LogP contribution is -2.46. The number of nitrogens with zero attached hydrogens (tertiary/aromatic N) is 2. The average Bonchev–Trinajstić information content (AvgIpc) is 2.45. The van der Waals surface area contributed by atoms with E-state index in [0.29, 0.717) is 26.2 Å². The van der Waals surface area contributed by atoms with Crippen molar-refractivity contribution in [1.82, 2.24) is 15.2 Å². The summed E-state index contributed by atoms with van der Waals surface area (Å²) in [6, 6.07) is 2.70. The zero-order valence-corrected chi connectivity index (χ0v) is 10.6. The van der Waals surface area contributed by atoms with E-state index in [-0.39, 0.29) is 17.4 Å². The van der Waals surface area contributed by atoms with E-state index in [4.69, 9.17) is 0 Å². The summed E-state index contributed by atoms with van der Waals surface area (Å²) in [6.07, 6.45) is -3.17. The Kier molecular flexibility index (Phi) is 4.43. The third-order valence-electron chi connectivity index (χ3n) is 2.77. The number of hydrogen-bond acceptors (Lipinski definition) is 4. The molecule has 1 amide bonds. The minimum absolute atomic E-state index is 0.205. The van der Waals surface area contributed by atoms with E-state index in [1.807, 2.05) is 0 Å². The maximum absolute atomic E-state index is 12.1. The van der Waals surface area contributed by atoms with Crippen molar-refractivity contribution in [2.24, 2.45) is 0 Å². The average molecular weight is 289 g/mol. The van der Waals surface area contributed by atoms with Gasteiger partial charge in [-0.25, -0.2) is 4.98 Å². The van der Waals surface area contributed by atoms with Crippen molar-refractivity contribution in [1.29, 1.82) is 0 Å². The van der Waals surface area contributed by atoms with Crippen LogP contribution >= 0.6 is 0 Å². The van der Waals surface area contributed by atoms with Gasteiger partial charge in [0.05, 0.1) is 0 Å². The summed E-state index contributed by atoms with van der Waals surface area (Å²) in [4.78, 5) is 17.4. The van der Waals surface area contributed by atoms with Crippen LogP contribution in [0.1, 0.15) is 10.4 Å². The molecule has 1 N–H and O–H groups in total. The topological polar surface area (TPSA) is 54.5 Å². The Bertz CT molecular complexity index is 473. The molecule has 2 heterocycles. The number of pyridine rings is 1. The summed E-state index contributed by atoms with van der Waals surface area (Å²) in [5, 5.41) is 3.11. The first-order valence-electron chi connectivity index (χ1n) is 6.11. The van der Waals surface area contributed by atoms with Crippen molar-refractivity contribution in [3.63, 3.8) is 0 Å². The number of alkyl halides is 3. The molecule has 0 spiro atoms. The summed E-state index contributed by atoms with van der Waals surface area (Å²) in [5.41, 5.74) is 0.277. The monoisotopic (exact) mass is 289 g/mol. The molecular weight excluding hydrogens is 275 g/mol. The van der Waals surface area contributed by atoms with Crippen LogP contribution in [-0.2, 0) is 0 Å². The van der Waals surface area contributed by atoms with Crippen LogP contribution in [0.3, 0.4) is 0 Å². The van der Waals surface area contributed by atoms with Gasteiger partial charge >= 0.3 is 6.18 Å². The largest absolute Gasteiger partial charge is 0.468 e. The van der Waals surface area contributed by atoms with Gasteiger partial charge in [-0.05, 0) is 6.07 Å². The standard InChI is InChI=1S/C12H14F3N3O2/c13-12(14,15)8-20-10-7-9(1-2-17-10)11(19)18-5-3-16-4-6-18/h1-2,7,16H,3-6,8H2. The molecule has 2 rings (SSSR count). The summed E-state index contributed by atoms with van der Waals surface area (Å²) in [5.74, 6) is -0.436. The molecule has 1 aliphatic rings. The molecular formula is C12H14F3N3O2.